The molecule has 3 nitrogen and oxygen atoms in total. The first-order valence-corrected chi connectivity index (χ1v) is 5.24. The minimum atomic E-state index is -0.0986. The SMILES string of the molecule is COCCNC(=O)/C=C/c1cccc(C)c1. The predicted molar refractivity (Wildman–Crippen MR) is 65.1 cm³/mol. The van der Waals surface area contributed by atoms with Gasteiger partial charge in [0.05, 0.1) is 6.61 Å². The Morgan fingerprint density at radius 1 is 1.50 bits per heavy atom. The molecule has 1 aromatic carbocycles. The van der Waals surface area contributed by atoms with Crippen LogP contribution in [0.2, 0.25) is 0 Å². The number of carbonyl (C=O) groups excluding carboxylic acids is 1. The van der Waals surface area contributed by atoms with Crippen LogP contribution >= 0.6 is 0 Å². The predicted octanol–water partition coefficient (Wildman–Crippen LogP) is 1.77. The first kappa shape index (κ1) is 12.5. The number of ether oxygens (including phenoxy) is 1. The second-order valence-corrected chi connectivity index (χ2v) is 3.53. The highest BCUT2D eigenvalue weighted by Gasteiger charge is 1.94. The second kappa shape index (κ2) is 6.80. The molecule has 0 saturated carbocycles. The molecule has 1 N–H and O–H groups in total. The van der Waals surface area contributed by atoms with Gasteiger partial charge in [0.25, 0.3) is 0 Å². The van der Waals surface area contributed by atoms with E-state index >= 15 is 0 Å². The van der Waals surface area contributed by atoms with Crippen LogP contribution in [0.25, 0.3) is 6.08 Å². The highest BCUT2D eigenvalue weighted by atomic mass is 16.5. The number of methoxy groups -OCH3 is 1. The van der Waals surface area contributed by atoms with Crippen LogP contribution in [0.15, 0.2) is 30.3 Å². The minimum Gasteiger partial charge on any atom is -0.383 e. The van der Waals surface area contributed by atoms with Gasteiger partial charge in [0, 0.05) is 19.7 Å². The van der Waals surface area contributed by atoms with Crippen LogP contribution in [-0.4, -0.2) is 26.2 Å². The highest BCUT2D eigenvalue weighted by molar-refractivity contribution is 5.91. The van der Waals surface area contributed by atoms with Gasteiger partial charge in [0.1, 0.15) is 0 Å². The molecule has 0 aliphatic heterocycles. The van der Waals surface area contributed by atoms with Crippen LogP contribution in [0.3, 0.4) is 0 Å². The van der Waals surface area contributed by atoms with Crippen LogP contribution in [0.5, 0.6) is 0 Å². The number of hydrogen-bond acceptors (Lipinski definition) is 2. The van der Waals surface area contributed by atoms with Crippen LogP contribution in [0.4, 0.5) is 0 Å². The number of nitrogens with one attached hydrogen (secondary N) is 1. The van der Waals surface area contributed by atoms with E-state index in [2.05, 4.69) is 5.32 Å². The molecule has 3 heteroatoms. The van der Waals surface area contributed by atoms with Crippen molar-refractivity contribution in [2.24, 2.45) is 0 Å². The largest absolute Gasteiger partial charge is 0.383 e. The van der Waals surface area contributed by atoms with Crippen molar-refractivity contribution in [2.75, 3.05) is 20.3 Å². The average molecular weight is 219 g/mol. The third-order valence-corrected chi connectivity index (χ3v) is 2.07. The molecule has 1 rings (SSSR count). The van der Waals surface area contributed by atoms with Crippen LogP contribution < -0.4 is 5.32 Å². The van der Waals surface area contributed by atoms with E-state index in [4.69, 9.17) is 4.74 Å². The number of aryl methyl sites for hydroxylation is 1. The number of benzene rings is 1. The standard InChI is InChI=1S/C13H17NO2/c1-11-4-3-5-12(10-11)6-7-13(15)14-8-9-16-2/h3-7,10H,8-9H2,1-2H3,(H,14,15)/b7-6+. The molecule has 1 amide bonds. The normalized spacial score (nSPS) is 10.6. The molecule has 0 unspecified atom stereocenters. The van der Waals surface area contributed by atoms with E-state index in [0.29, 0.717) is 13.2 Å². The molecule has 0 atom stereocenters. The maximum absolute atomic E-state index is 11.3. The van der Waals surface area contributed by atoms with Gasteiger partial charge in [-0.1, -0.05) is 29.8 Å². The van der Waals surface area contributed by atoms with Crippen molar-refractivity contribution in [3.63, 3.8) is 0 Å². The summed E-state index contributed by atoms with van der Waals surface area (Å²) in [5.74, 6) is -0.0986. The fraction of sp³-hybridized carbons (Fsp3) is 0.308. The van der Waals surface area contributed by atoms with Crippen molar-refractivity contribution in [3.8, 4) is 0 Å². The first-order valence-electron chi connectivity index (χ1n) is 5.24. The lowest BCUT2D eigenvalue weighted by molar-refractivity contribution is -0.116. The van der Waals surface area contributed by atoms with Crippen LogP contribution in [0, 0.1) is 6.92 Å². The third-order valence-electron chi connectivity index (χ3n) is 2.07. The summed E-state index contributed by atoms with van der Waals surface area (Å²) < 4.78 is 4.83. The molecule has 16 heavy (non-hydrogen) atoms. The zero-order valence-electron chi connectivity index (χ0n) is 9.69. The van der Waals surface area contributed by atoms with Crippen molar-refractivity contribution < 1.29 is 9.53 Å². The van der Waals surface area contributed by atoms with E-state index < -0.39 is 0 Å². The van der Waals surface area contributed by atoms with Gasteiger partial charge in [-0.15, -0.1) is 0 Å². The Morgan fingerprint density at radius 3 is 3.00 bits per heavy atom. The van der Waals surface area contributed by atoms with Crippen molar-refractivity contribution in [2.45, 2.75) is 6.92 Å². The average Bonchev–Trinajstić information content (AvgIpc) is 2.27. The van der Waals surface area contributed by atoms with Gasteiger partial charge in [-0.05, 0) is 18.6 Å². The highest BCUT2D eigenvalue weighted by Crippen LogP contribution is 2.05. The summed E-state index contributed by atoms with van der Waals surface area (Å²) in [6.07, 6.45) is 3.33. The molecular weight excluding hydrogens is 202 g/mol. The Morgan fingerprint density at radius 2 is 2.31 bits per heavy atom. The first-order chi connectivity index (χ1) is 7.72. The van der Waals surface area contributed by atoms with E-state index in [1.807, 2.05) is 31.2 Å². The molecule has 0 aliphatic carbocycles. The lowest BCUT2D eigenvalue weighted by Gasteiger charge is -2.00. The van der Waals surface area contributed by atoms with Crippen LogP contribution in [-0.2, 0) is 9.53 Å². The molecule has 0 saturated heterocycles. The molecule has 0 radical (unpaired) electrons. The van der Waals surface area contributed by atoms with E-state index in [9.17, 15) is 4.79 Å². The zero-order chi connectivity index (χ0) is 11.8. The molecule has 0 heterocycles. The van der Waals surface area contributed by atoms with Gasteiger partial charge >= 0.3 is 0 Å². The summed E-state index contributed by atoms with van der Waals surface area (Å²) in [6.45, 7) is 3.09. The Balaban J connectivity index is 2.44. The van der Waals surface area contributed by atoms with Gasteiger partial charge in [0.2, 0.25) is 5.91 Å². The summed E-state index contributed by atoms with van der Waals surface area (Å²) in [4.78, 5) is 11.3. The number of carbonyl (C=O) groups is 1. The molecule has 0 aromatic heterocycles. The number of rotatable bonds is 5. The molecule has 0 bridgehead atoms. The van der Waals surface area contributed by atoms with E-state index in [0.717, 1.165) is 5.56 Å². The van der Waals surface area contributed by atoms with Gasteiger partial charge < -0.3 is 10.1 Å². The molecule has 0 aliphatic rings. The lowest BCUT2D eigenvalue weighted by Crippen LogP contribution is -2.24. The Kier molecular flexibility index (Phi) is 5.29. The van der Waals surface area contributed by atoms with E-state index in [-0.39, 0.29) is 5.91 Å². The quantitative estimate of drug-likeness (QED) is 0.605. The van der Waals surface area contributed by atoms with Crippen molar-refractivity contribution in [3.05, 3.63) is 41.5 Å². The lowest BCUT2D eigenvalue weighted by atomic mass is 10.1. The van der Waals surface area contributed by atoms with Gasteiger partial charge in [-0.25, -0.2) is 0 Å². The third kappa shape index (κ3) is 4.75. The molecule has 86 valence electrons. The van der Waals surface area contributed by atoms with Crippen LogP contribution in [0.1, 0.15) is 11.1 Å². The summed E-state index contributed by atoms with van der Waals surface area (Å²) >= 11 is 0. The summed E-state index contributed by atoms with van der Waals surface area (Å²) in [5, 5.41) is 2.72. The molecule has 0 spiro atoms. The maximum Gasteiger partial charge on any atom is 0.244 e. The minimum absolute atomic E-state index is 0.0986. The van der Waals surface area contributed by atoms with Crippen molar-refractivity contribution in [1.29, 1.82) is 0 Å². The fourth-order valence-corrected chi connectivity index (χ4v) is 1.28. The monoisotopic (exact) mass is 219 g/mol. The van der Waals surface area contributed by atoms with Gasteiger partial charge in [0.15, 0.2) is 0 Å². The fourth-order valence-electron chi connectivity index (χ4n) is 1.28. The summed E-state index contributed by atoms with van der Waals surface area (Å²) in [5.41, 5.74) is 2.21. The Bertz CT molecular complexity index is 372. The second-order valence-electron chi connectivity index (χ2n) is 3.53. The smallest absolute Gasteiger partial charge is 0.244 e. The molecule has 1 aromatic rings. The number of hydrogen-bond donors (Lipinski definition) is 1. The Labute approximate surface area is 96.1 Å². The van der Waals surface area contributed by atoms with E-state index in [1.54, 1.807) is 13.2 Å². The van der Waals surface area contributed by atoms with Crippen molar-refractivity contribution in [1.82, 2.24) is 5.32 Å². The van der Waals surface area contributed by atoms with Gasteiger partial charge in [-0.2, -0.15) is 0 Å². The Hall–Kier alpha value is -1.61. The van der Waals surface area contributed by atoms with Crippen molar-refractivity contribution >= 4 is 12.0 Å². The zero-order valence-corrected chi connectivity index (χ0v) is 9.69. The molecular formula is C13H17NO2. The molecule has 0 fully saturated rings. The van der Waals surface area contributed by atoms with Gasteiger partial charge in [-0.3, -0.25) is 4.79 Å². The topological polar surface area (TPSA) is 38.3 Å². The number of amides is 1. The summed E-state index contributed by atoms with van der Waals surface area (Å²) in [7, 11) is 1.61. The maximum atomic E-state index is 11.3. The summed E-state index contributed by atoms with van der Waals surface area (Å²) in [6, 6.07) is 7.98. The van der Waals surface area contributed by atoms with E-state index in [1.165, 1.54) is 11.6 Å².